The third kappa shape index (κ3) is 17.2. The van der Waals surface area contributed by atoms with Crippen molar-refractivity contribution in [1.29, 1.82) is 0 Å². The number of esters is 3. The molecule has 14 rings (SSSR count). The van der Waals surface area contributed by atoms with Crippen molar-refractivity contribution in [2.45, 2.75) is 182 Å². The lowest BCUT2D eigenvalue weighted by molar-refractivity contribution is 0.0591. The number of anilines is 9. The summed E-state index contributed by atoms with van der Waals surface area (Å²) >= 11 is 0. The van der Waals surface area contributed by atoms with Crippen LogP contribution in [0.25, 0.3) is 0 Å². The number of carbonyl (C=O) groups excluding carboxylic acids is 3. The van der Waals surface area contributed by atoms with Crippen LogP contribution >= 0.6 is 0 Å². The van der Waals surface area contributed by atoms with Gasteiger partial charge in [0.1, 0.15) is 0 Å². The fourth-order valence-corrected chi connectivity index (χ4v) is 17.1. The zero-order valence-electron chi connectivity index (χ0n) is 63.5. The lowest BCUT2D eigenvalue weighted by Gasteiger charge is -2.37. The van der Waals surface area contributed by atoms with E-state index < -0.39 is 0 Å². The van der Waals surface area contributed by atoms with Crippen molar-refractivity contribution in [1.82, 2.24) is 0 Å². The molecular weight excluding hydrogens is 1310 g/mol. The summed E-state index contributed by atoms with van der Waals surface area (Å²) in [6, 6.07) is 34.8. The lowest BCUT2D eigenvalue weighted by atomic mass is 10.00. The van der Waals surface area contributed by atoms with Gasteiger partial charge in [0.15, 0.2) is 0 Å². The third-order valence-corrected chi connectivity index (χ3v) is 22.9. The zero-order chi connectivity index (χ0) is 73.0. The predicted molar refractivity (Wildman–Crippen MR) is 416 cm³/mol. The third-order valence-electron chi connectivity index (χ3n) is 22.9. The molecule has 0 spiro atoms. The van der Waals surface area contributed by atoms with Crippen LogP contribution in [0.1, 0.15) is 173 Å². The zero-order valence-corrected chi connectivity index (χ0v) is 63.5. The van der Waals surface area contributed by atoms with Gasteiger partial charge in [-0.25, -0.2) is 14.4 Å². The maximum atomic E-state index is 12.9. The molecule has 3 N–H and O–H groups in total. The van der Waals surface area contributed by atoms with E-state index in [1.165, 1.54) is 66.1 Å². The first-order chi connectivity index (χ1) is 50.6. The molecule has 560 valence electrons. The van der Waals surface area contributed by atoms with Gasteiger partial charge in [0, 0.05) is 213 Å². The molecule has 5 fully saturated rings. The van der Waals surface area contributed by atoms with Gasteiger partial charge in [-0.15, -0.1) is 0 Å². The number of fused-ring (bicyclic) bond motifs is 3. The summed E-state index contributed by atoms with van der Waals surface area (Å²) in [5, 5.41) is 3.70. The Morgan fingerprint density at radius 3 is 1.06 bits per heavy atom. The van der Waals surface area contributed by atoms with E-state index in [4.69, 9.17) is 43.6 Å². The normalized spacial score (nSPS) is 17.9. The van der Waals surface area contributed by atoms with Gasteiger partial charge >= 0.3 is 17.9 Å². The molecule has 8 heterocycles. The van der Waals surface area contributed by atoms with Crippen LogP contribution in [0.2, 0.25) is 0 Å². The minimum absolute atomic E-state index is 0.275. The van der Waals surface area contributed by atoms with Crippen molar-refractivity contribution in [3.63, 3.8) is 0 Å². The summed E-state index contributed by atoms with van der Waals surface area (Å²) in [6.07, 6.45) is 10.3. The molecule has 0 aromatic heterocycles. The summed E-state index contributed by atoms with van der Waals surface area (Å²) in [6.45, 7) is 31.6. The first-order valence-corrected chi connectivity index (χ1v) is 38.4. The Hall–Kier alpha value is -8.27. The molecule has 8 aliphatic rings. The number of hydrogen-bond acceptors (Lipinski definition) is 20. The first-order valence-electron chi connectivity index (χ1n) is 38.4. The van der Waals surface area contributed by atoms with Gasteiger partial charge in [-0.2, -0.15) is 0 Å². The minimum atomic E-state index is -0.292. The van der Waals surface area contributed by atoms with E-state index >= 15 is 0 Å². The number of carbonyl (C=O) groups is 3. The molecule has 20 heteroatoms. The number of nitrogens with one attached hydrogen (secondary N) is 1. The van der Waals surface area contributed by atoms with Crippen molar-refractivity contribution in [2.24, 2.45) is 0 Å². The van der Waals surface area contributed by atoms with Crippen LogP contribution in [0.5, 0.6) is 0 Å². The van der Waals surface area contributed by atoms with Crippen LogP contribution < -0.4 is 45.3 Å². The number of benzene rings is 6. The highest BCUT2D eigenvalue weighted by atomic mass is 16.5. The second-order valence-corrected chi connectivity index (χ2v) is 29.0. The van der Waals surface area contributed by atoms with E-state index in [1.807, 2.05) is 51.1 Å². The summed E-state index contributed by atoms with van der Waals surface area (Å²) in [5.74, 6) is -0.847. The first kappa shape index (κ1) is 75.4. The SMILES string of the molecule is CCN(c1cc(N2Cc3ccc(N)cc3C2)cc(C(=O)OC)c1C)C1CCOCC1.CCN(c1cc(N2Cc3ccc(NC4CCOCC4)cc3C2)cc(C(=O)OC)c1C)C1CCOCC1.CCN(c1ccc2c(c1)CN(c1cc(C(=O)OC)c(C)c(N(CC)C3CCOCC3)c1)C2)C1CCOCC1. The number of methoxy groups -OCH3 is 3. The molecule has 104 heavy (non-hydrogen) atoms. The van der Waals surface area contributed by atoms with Gasteiger partial charge in [0.05, 0.1) is 38.0 Å². The number of ether oxygens (including phenoxy) is 8. The average Bonchev–Trinajstić information content (AvgIpc) is 1.50. The van der Waals surface area contributed by atoms with Gasteiger partial charge in [0.25, 0.3) is 0 Å². The smallest absolute Gasteiger partial charge is 0.338 e. The Kier molecular flexibility index (Phi) is 25.5. The van der Waals surface area contributed by atoms with Crippen LogP contribution in [0, 0.1) is 20.8 Å². The molecule has 0 radical (unpaired) electrons. The standard InChI is InChI=1S/C31H43N3O4.C29H39N3O4.C24H31N3O3/c1-5-33(25-9-13-37-14-10-25)27-8-7-23-20-32(21-24(23)17-27)28-18-29(31(35)36-4)22(3)30(19-28)34(6-2)26-11-15-38-16-12-26;1-4-32(25-9-13-36-14-10-25)28-17-26(16-27(20(28)2)29(33)34-3)31-18-21-5-6-24(15-22(21)19-31)30-23-7-11-35-12-8-23;1-4-27(20-7-9-30-10-8-20)23-13-21(12-22(16(23)2)24(28)29-3)26-14-17-5-6-19(25)11-18(17)15-26/h7-8,17-19,25-26H,5-6,9-16,20-21H2,1-4H3;5-6,15-17,23,25,30H,4,7-14,18-19H2,1-3H3;5-6,11-13,20H,4,7-10,14-15,25H2,1-3H3. The number of nitrogens with two attached hydrogens (primary N) is 1. The highest BCUT2D eigenvalue weighted by Crippen LogP contribution is 2.42. The van der Waals surface area contributed by atoms with E-state index in [-0.39, 0.29) is 17.9 Å². The Morgan fingerprint density at radius 2 is 0.702 bits per heavy atom. The Morgan fingerprint density at radius 1 is 0.394 bits per heavy atom. The molecule has 0 unspecified atom stereocenters. The molecule has 0 saturated carbocycles. The number of nitrogens with zero attached hydrogens (tertiary/aromatic N) is 7. The highest BCUT2D eigenvalue weighted by Gasteiger charge is 2.33. The van der Waals surface area contributed by atoms with Crippen LogP contribution in [-0.2, 0) is 77.2 Å². The van der Waals surface area contributed by atoms with Gasteiger partial charge in [-0.1, -0.05) is 18.2 Å². The van der Waals surface area contributed by atoms with Crippen LogP contribution in [0.4, 0.5) is 51.2 Å². The summed E-state index contributed by atoms with van der Waals surface area (Å²) < 4.78 is 43.4. The van der Waals surface area contributed by atoms with E-state index in [0.717, 1.165) is 252 Å². The molecule has 0 aliphatic carbocycles. The highest BCUT2D eigenvalue weighted by molar-refractivity contribution is 5.96. The molecule has 20 nitrogen and oxygen atoms in total. The predicted octanol–water partition coefficient (Wildman–Crippen LogP) is 14.1. The molecule has 8 aliphatic heterocycles. The van der Waals surface area contributed by atoms with Gasteiger partial charge in [-0.3, -0.25) is 0 Å². The van der Waals surface area contributed by atoms with Gasteiger partial charge in [0.2, 0.25) is 0 Å². The van der Waals surface area contributed by atoms with Crippen LogP contribution in [0.15, 0.2) is 91.0 Å². The Bertz CT molecular complexity index is 3930. The van der Waals surface area contributed by atoms with E-state index in [1.54, 1.807) is 0 Å². The monoisotopic (exact) mass is 1420 g/mol. The average molecular weight is 1420 g/mol. The van der Waals surface area contributed by atoms with Gasteiger partial charge < -0.3 is 83.2 Å². The summed E-state index contributed by atoms with van der Waals surface area (Å²) in [4.78, 5) is 55.2. The fraction of sp³-hybridized carbons (Fsp3) is 0.536. The number of hydrogen-bond donors (Lipinski definition) is 2. The van der Waals surface area contributed by atoms with E-state index in [2.05, 4.69) is 128 Å². The number of nitrogen functional groups attached to an aromatic ring is 1. The minimum Gasteiger partial charge on any atom is -0.465 e. The molecule has 0 amide bonds. The topological polar surface area (TPSA) is 186 Å². The fourth-order valence-electron chi connectivity index (χ4n) is 17.1. The summed E-state index contributed by atoms with van der Waals surface area (Å²) in [7, 11) is 4.37. The lowest BCUT2D eigenvalue weighted by Crippen LogP contribution is -2.40. The van der Waals surface area contributed by atoms with E-state index in [0.29, 0.717) is 46.9 Å². The van der Waals surface area contributed by atoms with Crippen molar-refractivity contribution >= 4 is 69.1 Å². The second kappa shape index (κ2) is 35.2. The molecule has 0 atom stereocenters. The maximum Gasteiger partial charge on any atom is 0.338 e. The van der Waals surface area contributed by atoms with Crippen molar-refractivity contribution < 1.29 is 52.3 Å². The van der Waals surface area contributed by atoms with Crippen molar-refractivity contribution in [3.05, 3.63) is 158 Å². The summed E-state index contributed by atoms with van der Waals surface area (Å²) in [5.41, 5.74) is 28.6. The molecule has 6 aromatic carbocycles. The quantitative estimate of drug-likeness (QED) is 0.0417. The van der Waals surface area contributed by atoms with Crippen molar-refractivity contribution in [2.75, 3.05) is 159 Å². The number of rotatable bonds is 20. The molecule has 5 saturated heterocycles. The largest absolute Gasteiger partial charge is 0.465 e. The van der Waals surface area contributed by atoms with Crippen LogP contribution in [-0.4, -0.2) is 162 Å². The van der Waals surface area contributed by atoms with Gasteiger partial charge in [-0.05, 0) is 236 Å². The molecule has 6 aromatic rings. The van der Waals surface area contributed by atoms with E-state index in [9.17, 15) is 14.4 Å². The molecule has 0 bridgehead atoms. The van der Waals surface area contributed by atoms with Crippen molar-refractivity contribution in [3.8, 4) is 0 Å². The van der Waals surface area contributed by atoms with Crippen LogP contribution in [0.3, 0.4) is 0 Å². The Balaban J connectivity index is 0.000000148. The second-order valence-electron chi connectivity index (χ2n) is 29.0. The maximum absolute atomic E-state index is 12.9. The molecular formula is C84H113N9O11. The Labute approximate surface area is 617 Å².